The maximum Gasteiger partial charge on any atom is 0.293 e. The molecule has 0 radical (unpaired) electrons. The third kappa shape index (κ3) is 4.14. The number of hydrogen-bond donors (Lipinski definition) is 0. The fourth-order valence-electron chi connectivity index (χ4n) is 4.58. The Balaban J connectivity index is 1.32. The summed E-state index contributed by atoms with van der Waals surface area (Å²) in [5.74, 6) is 1.01. The zero-order valence-corrected chi connectivity index (χ0v) is 20.2. The number of amides is 2. The van der Waals surface area contributed by atoms with Crippen LogP contribution >= 0.6 is 0 Å². The van der Waals surface area contributed by atoms with Crippen LogP contribution in [0, 0.1) is 13.8 Å². The summed E-state index contributed by atoms with van der Waals surface area (Å²) in [7, 11) is 1.59. The predicted molar refractivity (Wildman–Crippen MR) is 130 cm³/mol. The van der Waals surface area contributed by atoms with Gasteiger partial charge in [-0.05, 0) is 56.7 Å². The summed E-state index contributed by atoms with van der Waals surface area (Å²) in [4.78, 5) is 34.4. The van der Waals surface area contributed by atoms with Gasteiger partial charge < -0.3 is 19.0 Å². The van der Waals surface area contributed by atoms with Crippen molar-refractivity contribution in [3.63, 3.8) is 0 Å². The minimum absolute atomic E-state index is 0.115. The van der Waals surface area contributed by atoms with E-state index in [0.29, 0.717) is 42.3 Å². The third-order valence-electron chi connectivity index (χ3n) is 6.41. The maximum absolute atomic E-state index is 13.5. The van der Waals surface area contributed by atoms with Crippen molar-refractivity contribution in [1.29, 1.82) is 0 Å². The van der Waals surface area contributed by atoms with E-state index >= 15 is 0 Å². The quantitative estimate of drug-likeness (QED) is 0.449. The molecule has 35 heavy (non-hydrogen) atoms. The Hall–Kier alpha value is -4.14. The second-order valence-electron chi connectivity index (χ2n) is 8.85. The number of furan rings is 1. The van der Waals surface area contributed by atoms with Crippen molar-refractivity contribution in [3.8, 4) is 11.4 Å². The summed E-state index contributed by atoms with van der Waals surface area (Å²) in [6.45, 7) is 6.92. The van der Waals surface area contributed by atoms with Crippen molar-refractivity contribution in [2.45, 2.75) is 26.8 Å². The number of aryl methyl sites for hydroxylation is 2. The van der Waals surface area contributed by atoms with Crippen molar-refractivity contribution < 1.29 is 18.7 Å². The van der Waals surface area contributed by atoms with E-state index in [2.05, 4.69) is 10.1 Å². The number of fused-ring (bicyclic) bond motifs is 1. The van der Waals surface area contributed by atoms with Crippen LogP contribution in [0.4, 0.5) is 0 Å². The first kappa shape index (κ1) is 22.6. The van der Waals surface area contributed by atoms with Gasteiger partial charge in [-0.15, -0.1) is 5.10 Å². The number of hydrogen-bond acceptors (Lipinski definition) is 6. The molecule has 0 bridgehead atoms. The molecule has 0 N–H and O–H groups in total. The molecule has 0 spiro atoms. The lowest BCUT2D eigenvalue weighted by Crippen LogP contribution is -2.55. The number of carbonyl (C=O) groups excluding carboxylic acids is 2. The number of benzene rings is 2. The van der Waals surface area contributed by atoms with Crippen LogP contribution in [0.15, 0.2) is 53.2 Å². The zero-order chi connectivity index (χ0) is 24.7. The normalized spacial score (nSPS) is 16.1. The van der Waals surface area contributed by atoms with E-state index in [1.54, 1.807) is 47.0 Å². The zero-order valence-electron chi connectivity index (χ0n) is 20.2. The minimum Gasteiger partial charge on any atom is -0.497 e. The SMILES string of the molecule is COc1ccc2oc(C)c(C(=O)N3CCN(C(=O)c4ncn(-c5cccc(C)c5)n4)CC3C)c2c1. The van der Waals surface area contributed by atoms with Crippen molar-refractivity contribution >= 4 is 22.8 Å². The predicted octanol–water partition coefficient (Wildman–Crippen LogP) is 3.63. The van der Waals surface area contributed by atoms with E-state index in [9.17, 15) is 9.59 Å². The number of piperazine rings is 1. The summed E-state index contributed by atoms with van der Waals surface area (Å²) in [6.07, 6.45) is 1.55. The van der Waals surface area contributed by atoms with Gasteiger partial charge in [-0.25, -0.2) is 9.67 Å². The molecule has 0 aliphatic carbocycles. The third-order valence-corrected chi connectivity index (χ3v) is 6.41. The monoisotopic (exact) mass is 473 g/mol. The van der Waals surface area contributed by atoms with Gasteiger partial charge in [-0.1, -0.05) is 12.1 Å². The highest BCUT2D eigenvalue weighted by atomic mass is 16.5. The molecule has 9 heteroatoms. The first-order valence-corrected chi connectivity index (χ1v) is 11.5. The minimum atomic E-state index is -0.245. The van der Waals surface area contributed by atoms with Gasteiger partial charge in [0, 0.05) is 31.1 Å². The highest BCUT2D eigenvalue weighted by Crippen LogP contribution is 2.31. The Morgan fingerprint density at radius 1 is 1.09 bits per heavy atom. The molecule has 4 aromatic rings. The van der Waals surface area contributed by atoms with Gasteiger partial charge in [0.2, 0.25) is 5.82 Å². The molecule has 2 aromatic carbocycles. The molecule has 0 saturated carbocycles. The van der Waals surface area contributed by atoms with Crippen molar-refractivity contribution in [2.75, 3.05) is 26.7 Å². The molecule has 5 rings (SSSR count). The summed E-state index contributed by atoms with van der Waals surface area (Å²) >= 11 is 0. The lowest BCUT2D eigenvalue weighted by molar-refractivity contribution is 0.0408. The van der Waals surface area contributed by atoms with Crippen LogP contribution in [0.1, 0.15) is 39.2 Å². The van der Waals surface area contributed by atoms with Crippen LogP contribution in [0.2, 0.25) is 0 Å². The summed E-state index contributed by atoms with van der Waals surface area (Å²) in [5, 5.41) is 5.11. The van der Waals surface area contributed by atoms with Crippen molar-refractivity contribution in [1.82, 2.24) is 24.6 Å². The van der Waals surface area contributed by atoms with Gasteiger partial charge in [0.15, 0.2) is 0 Å². The Kier molecular flexibility index (Phi) is 5.76. The van der Waals surface area contributed by atoms with E-state index in [4.69, 9.17) is 9.15 Å². The van der Waals surface area contributed by atoms with Crippen LogP contribution in [0.5, 0.6) is 5.75 Å². The van der Waals surface area contributed by atoms with Crippen LogP contribution in [0.3, 0.4) is 0 Å². The smallest absolute Gasteiger partial charge is 0.293 e. The Morgan fingerprint density at radius 3 is 2.66 bits per heavy atom. The Bertz CT molecular complexity index is 1420. The van der Waals surface area contributed by atoms with Crippen molar-refractivity contribution in [3.05, 3.63) is 71.5 Å². The average Bonchev–Trinajstić information content (AvgIpc) is 3.47. The molecule has 1 fully saturated rings. The second kappa shape index (κ2) is 8.90. The Labute approximate surface area is 202 Å². The fourth-order valence-corrected chi connectivity index (χ4v) is 4.58. The first-order chi connectivity index (χ1) is 16.9. The number of ether oxygens (including phenoxy) is 1. The van der Waals surface area contributed by atoms with E-state index in [1.165, 1.54) is 0 Å². The number of rotatable bonds is 4. The second-order valence-corrected chi connectivity index (χ2v) is 8.85. The van der Waals surface area contributed by atoms with Gasteiger partial charge in [0.1, 0.15) is 23.4 Å². The molecule has 9 nitrogen and oxygen atoms in total. The van der Waals surface area contributed by atoms with E-state index in [-0.39, 0.29) is 23.7 Å². The standard InChI is InChI=1S/C26H27N5O4/c1-16-6-5-7-19(12-16)31-15-27-24(28-31)26(33)29-10-11-30(17(2)14-29)25(32)23-18(3)35-22-9-8-20(34-4)13-21(22)23/h5-9,12-13,15,17H,10-11,14H2,1-4H3. The molecular formula is C26H27N5O4. The molecular weight excluding hydrogens is 446 g/mol. The van der Waals surface area contributed by atoms with E-state index in [1.807, 2.05) is 44.2 Å². The van der Waals surface area contributed by atoms with Gasteiger partial charge in [-0.2, -0.15) is 0 Å². The highest BCUT2D eigenvalue weighted by molar-refractivity contribution is 6.07. The maximum atomic E-state index is 13.5. The summed E-state index contributed by atoms with van der Waals surface area (Å²) in [5.41, 5.74) is 3.12. The van der Waals surface area contributed by atoms with Crippen LogP contribution < -0.4 is 4.74 Å². The average molecular weight is 474 g/mol. The molecule has 180 valence electrons. The Morgan fingerprint density at radius 2 is 1.91 bits per heavy atom. The molecule has 1 atom stereocenters. The van der Waals surface area contributed by atoms with Crippen LogP contribution in [0.25, 0.3) is 16.7 Å². The lowest BCUT2D eigenvalue weighted by Gasteiger charge is -2.39. The lowest BCUT2D eigenvalue weighted by atomic mass is 10.1. The molecule has 2 aromatic heterocycles. The van der Waals surface area contributed by atoms with Gasteiger partial charge in [0.05, 0.1) is 18.4 Å². The molecule has 2 amide bonds. The van der Waals surface area contributed by atoms with Crippen LogP contribution in [-0.4, -0.2) is 69.2 Å². The van der Waals surface area contributed by atoms with Gasteiger partial charge >= 0.3 is 0 Å². The first-order valence-electron chi connectivity index (χ1n) is 11.5. The number of nitrogens with zero attached hydrogens (tertiary/aromatic N) is 5. The van der Waals surface area contributed by atoms with Crippen molar-refractivity contribution in [2.24, 2.45) is 0 Å². The summed E-state index contributed by atoms with van der Waals surface area (Å²) < 4.78 is 12.8. The molecule has 1 aliphatic heterocycles. The van der Waals surface area contributed by atoms with Crippen LogP contribution in [-0.2, 0) is 0 Å². The number of methoxy groups -OCH3 is 1. The topological polar surface area (TPSA) is 93.7 Å². The fraction of sp³-hybridized carbons (Fsp3) is 0.308. The highest BCUT2D eigenvalue weighted by Gasteiger charge is 2.34. The molecule has 3 heterocycles. The largest absolute Gasteiger partial charge is 0.497 e. The summed E-state index contributed by atoms with van der Waals surface area (Å²) in [6, 6.07) is 13.1. The molecule has 1 aliphatic rings. The van der Waals surface area contributed by atoms with E-state index < -0.39 is 0 Å². The van der Waals surface area contributed by atoms with Gasteiger partial charge in [-0.3, -0.25) is 9.59 Å². The molecule has 1 unspecified atom stereocenters. The number of carbonyl (C=O) groups is 2. The molecule has 1 saturated heterocycles. The number of aromatic nitrogens is 3. The van der Waals surface area contributed by atoms with E-state index in [0.717, 1.165) is 16.6 Å². The van der Waals surface area contributed by atoms with Gasteiger partial charge in [0.25, 0.3) is 11.8 Å².